The Labute approximate surface area is 152 Å². The van der Waals surface area contributed by atoms with Crippen LogP contribution in [0.2, 0.25) is 0 Å². The Morgan fingerprint density at radius 1 is 0.708 bits per heavy atom. The summed E-state index contributed by atoms with van der Waals surface area (Å²) in [6, 6.07) is 0. The fraction of sp³-hybridized carbons (Fsp3) is 1.00. The van der Waals surface area contributed by atoms with Crippen molar-refractivity contribution in [2.24, 2.45) is 29.6 Å². The van der Waals surface area contributed by atoms with Crippen LogP contribution >= 0.6 is 0 Å². The van der Waals surface area contributed by atoms with Crippen LogP contribution in [0.5, 0.6) is 0 Å². The van der Waals surface area contributed by atoms with E-state index in [4.69, 9.17) is 0 Å². The molecule has 0 aromatic heterocycles. The number of unbranched alkanes of at least 4 members (excludes halogenated alkanes) is 2. The second-order valence-electron chi connectivity index (χ2n) is 9.02. The van der Waals surface area contributed by atoms with Crippen molar-refractivity contribution in [1.29, 1.82) is 0 Å². The maximum atomic E-state index is 9.63. The maximum absolute atomic E-state index is 9.63. The van der Waals surface area contributed by atoms with Gasteiger partial charge in [-0.1, -0.05) is 78.1 Å². The summed E-state index contributed by atoms with van der Waals surface area (Å²) in [4.78, 5) is 0. The molecular weight excluding hydrogens is 292 g/mol. The van der Waals surface area contributed by atoms with Crippen molar-refractivity contribution in [2.45, 2.75) is 110 Å². The van der Waals surface area contributed by atoms with E-state index >= 15 is 0 Å². The van der Waals surface area contributed by atoms with Crippen LogP contribution in [0.25, 0.3) is 0 Å². The van der Waals surface area contributed by atoms with Gasteiger partial charge < -0.3 is 5.11 Å². The molecule has 1 nitrogen and oxygen atoms in total. The van der Waals surface area contributed by atoms with Crippen molar-refractivity contribution in [3.05, 3.63) is 0 Å². The lowest BCUT2D eigenvalue weighted by atomic mass is 9.65. The highest BCUT2D eigenvalue weighted by Gasteiger charge is 2.34. The van der Waals surface area contributed by atoms with Gasteiger partial charge in [0.2, 0.25) is 0 Å². The molecule has 0 heterocycles. The first-order valence-corrected chi connectivity index (χ1v) is 11.4. The fourth-order valence-corrected chi connectivity index (χ4v) is 5.91. The van der Waals surface area contributed by atoms with Crippen LogP contribution in [0, 0.1) is 29.6 Å². The highest BCUT2D eigenvalue weighted by molar-refractivity contribution is 4.85. The Bertz CT molecular complexity index is 297. The van der Waals surface area contributed by atoms with E-state index in [9.17, 15) is 5.11 Å². The SMILES string of the molecule is CCCCCC1CCC(C(CCO)C2CCC(CCC)CC2)CC1. The molecule has 2 saturated carbocycles. The van der Waals surface area contributed by atoms with Crippen molar-refractivity contribution < 1.29 is 5.11 Å². The van der Waals surface area contributed by atoms with Crippen LogP contribution < -0.4 is 0 Å². The van der Waals surface area contributed by atoms with E-state index in [2.05, 4.69) is 13.8 Å². The predicted octanol–water partition coefficient (Wildman–Crippen LogP) is 6.98. The minimum atomic E-state index is 0.413. The smallest absolute Gasteiger partial charge is 0.0433 e. The van der Waals surface area contributed by atoms with Crippen LogP contribution in [0.3, 0.4) is 0 Å². The van der Waals surface area contributed by atoms with E-state index in [1.165, 1.54) is 89.9 Å². The third-order valence-electron chi connectivity index (χ3n) is 7.37. The van der Waals surface area contributed by atoms with Gasteiger partial charge in [0.05, 0.1) is 0 Å². The second-order valence-corrected chi connectivity index (χ2v) is 9.02. The number of hydrogen-bond donors (Lipinski definition) is 1. The van der Waals surface area contributed by atoms with E-state index in [1.54, 1.807) is 0 Å². The molecular formula is C23H44O. The summed E-state index contributed by atoms with van der Waals surface area (Å²) in [7, 11) is 0. The molecule has 2 fully saturated rings. The molecule has 1 unspecified atom stereocenters. The Kier molecular flexibility index (Phi) is 9.76. The lowest BCUT2D eigenvalue weighted by Gasteiger charge is -2.41. The third kappa shape index (κ3) is 6.36. The molecule has 2 rings (SSSR count). The van der Waals surface area contributed by atoms with Crippen LogP contribution in [0.4, 0.5) is 0 Å². The zero-order chi connectivity index (χ0) is 17.2. The molecule has 2 aliphatic carbocycles. The average molecular weight is 337 g/mol. The molecule has 0 bridgehead atoms. The summed E-state index contributed by atoms with van der Waals surface area (Å²) < 4.78 is 0. The number of hydrogen-bond acceptors (Lipinski definition) is 1. The minimum absolute atomic E-state index is 0.413. The molecule has 1 heteroatoms. The molecule has 0 aromatic rings. The summed E-state index contributed by atoms with van der Waals surface area (Å²) in [5.41, 5.74) is 0. The van der Waals surface area contributed by atoms with Crippen LogP contribution in [-0.2, 0) is 0 Å². The van der Waals surface area contributed by atoms with Crippen LogP contribution in [-0.4, -0.2) is 11.7 Å². The molecule has 0 radical (unpaired) electrons. The first-order chi connectivity index (χ1) is 11.8. The summed E-state index contributed by atoms with van der Waals surface area (Å²) in [5.74, 6) is 4.70. The lowest BCUT2D eigenvalue weighted by Crippen LogP contribution is -2.31. The highest BCUT2D eigenvalue weighted by Crippen LogP contribution is 2.44. The molecule has 1 N–H and O–H groups in total. The molecule has 142 valence electrons. The minimum Gasteiger partial charge on any atom is -0.396 e. The average Bonchev–Trinajstić information content (AvgIpc) is 2.62. The normalized spacial score (nSPS) is 32.6. The molecule has 0 saturated heterocycles. The van der Waals surface area contributed by atoms with Gasteiger partial charge >= 0.3 is 0 Å². The molecule has 1 atom stereocenters. The standard InChI is InChI=1S/C23H44O/c1-3-5-6-8-20-11-15-22(16-12-20)23(17-18-24)21-13-9-19(7-4-2)10-14-21/h19-24H,3-18H2,1-2H3. The van der Waals surface area contributed by atoms with Crippen molar-refractivity contribution in [3.63, 3.8) is 0 Å². The molecule has 0 aliphatic heterocycles. The Morgan fingerprint density at radius 2 is 1.25 bits per heavy atom. The first kappa shape index (κ1) is 20.3. The lowest BCUT2D eigenvalue weighted by molar-refractivity contribution is 0.0856. The molecule has 0 spiro atoms. The largest absolute Gasteiger partial charge is 0.396 e. The number of rotatable bonds is 10. The summed E-state index contributed by atoms with van der Waals surface area (Å²) >= 11 is 0. The van der Waals surface area contributed by atoms with E-state index in [0.717, 1.165) is 36.0 Å². The van der Waals surface area contributed by atoms with E-state index < -0.39 is 0 Å². The van der Waals surface area contributed by atoms with E-state index in [-0.39, 0.29) is 0 Å². The third-order valence-corrected chi connectivity index (χ3v) is 7.37. The first-order valence-electron chi connectivity index (χ1n) is 11.4. The fourth-order valence-electron chi connectivity index (χ4n) is 5.91. The second kappa shape index (κ2) is 11.6. The maximum Gasteiger partial charge on any atom is 0.0433 e. The molecule has 0 amide bonds. The van der Waals surface area contributed by atoms with Gasteiger partial charge in [-0.25, -0.2) is 0 Å². The van der Waals surface area contributed by atoms with Gasteiger partial charge in [-0.3, -0.25) is 0 Å². The zero-order valence-corrected chi connectivity index (χ0v) is 16.6. The highest BCUT2D eigenvalue weighted by atomic mass is 16.3. The molecule has 24 heavy (non-hydrogen) atoms. The van der Waals surface area contributed by atoms with Gasteiger partial charge in [-0.05, 0) is 61.7 Å². The molecule has 0 aromatic carbocycles. The summed E-state index contributed by atoms with van der Waals surface area (Å²) in [5, 5.41) is 9.63. The van der Waals surface area contributed by atoms with Crippen molar-refractivity contribution in [1.82, 2.24) is 0 Å². The van der Waals surface area contributed by atoms with Crippen molar-refractivity contribution >= 4 is 0 Å². The Hall–Kier alpha value is -0.0400. The van der Waals surface area contributed by atoms with Crippen molar-refractivity contribution in [3.8, 4) is 0 Å². The van der Waals surface area contributed by atoms with Crippen LogP contribution in [0.1, 0.15) is 110 Å². The predicted molar refractivity (Wildman–Crippen MR) is 105 cm³/mol. The number of aliphatic hydroxyl groups is 1. The summed E-state index contributed by atoms with van der Waals surface area (Å²) in [6.45, 7) is 5.06. The van der Waals surface area contributed by atoms with Gasteiger partial charge in [-0.2, -0.15) is 0 Å². The quantitative estimate of drug-likeness (QED) is 0.427. The monoisotopic (exact) mass is 336 g/mol. The Balaban J connectivity index is 1.77. The zero-order valence-electron chi connectivity index (χ0n) is 16.6. The van der Waals surface area contributed by atoms with Gasteiger partial charge in [0.1, 0.15) is 0 Å². The number of aliphatic hydroxyl groups excluding tert-OH is 1. The van der Waals surface area contributed by atoms with E-state index in [0.29, 0.717) is 6.61 Å². The van der Waals surface area contributed by atoms with E-state index in [1.807, 2.05) is 0 Å². The molecule has 2 aliphatic rings. The van der Waals surface area contributed by atoms with Gasteiger partial charge in [-0.15, -0.1) is 0 Å². The topological polar surface area (TPSA) is 20.2 Å². The van der Waals surface area contributed by atoms with Gasteiger partial charge in [0.15, 0.2) is 0 Å². The van der Waals surface area contributed by atoms with Crippen LogP contribution in [0.15, 0.2) is 0 Å². The Morgan fingerprint density at radius 3 is 1.71 bits per heavy atom. The van der Waals surface area contributed by atoms with Crippen molar-refractivity contribution in [2.75, 3.05) is 6.61 Å². The van der Waals surface area contributed by atoms with Gasteiger partial charge in [0.25, 0.3) is 0 Å². The van der Waals surface area contributed by atoms with Gasteiger partial charge in [0, 0.05) is 6.61 Å². The summed E-state index contributed by atoms with van der Waals surface area (Å²) in [6.07, 6.45) is 21.3.